The number of hydrogen-bond donors (Lipinski definition) is 2. The zero-order valence-corrected chi connectivity index (χ0v) is 10.9. The summed E-state index contributed by atoms with van der Waals surface area (Å²) < 4.78 is 5.49. The van der Waals surface area contributed by atoms with Crippen LogP contribution in [0.4, 0.5) is 11.7 Å². The second-order valence-corrected chi connectivity index (χ2v) is 4.15. The van der Waals surface area contributed by atoms with E-state index in [2.05, 4.69) is 40.7 Å². The van der Waals surface area contributed by atoms with Crippen molar-refractivity contribution >= 4 is 11.7 Å². The van der Waals surface area contributed by atoms with Gasteiger partial charge in [-0.1, -0.05) is 24.2 Å². The van der Waals surface area contributed by atoms with E-state index >= 15 is 0 Å². The molecule has 1 aromatic heterocycles. The first-order chi connectivity index (χ1) is 8.70. The molecule has 0 spiro atoms. The number of nitrogens with one attached hydrogen (secondary N) is 2. The molecule has 0 bridgehead atoms. The molecule has 0 unspecified atom stereocenters. The lowest BCUT2D eigenvalue weighted by Gasteiger charge is -2.07. The molecule has 0 saturated carbocycles. The van der Waals surface area contributed by atoms with Crippen molar-refractivity contribution in [1.82, 2.24) is 15.5 Å². The first-order valence-electron chi connectivity index (χ1n) is 6.07. The Labute approximate surface area is 107 Å². The van der Waals surface area contributed by atoms with Crippen LogP contribution in [-0.2, 0) is 6.54 Å². The summed E-state index contributed by atoms with van der Waals surface area (Å²) in [5, 5.41) is 14.2. The molecule has 5 heteroatoms. The van der Waals surface area contributed by atoms with Gasteiger partial charge in [0.1, 0.15) is 0 Å². The summed E-state index contributed by atoms with van der Waals surface area (Å²) in [5.41, 5.74) is 3.41. The standard InChI is InChI=1S/C13H18N4O/c1-4-14-8-12-16-17-13(18-12)15-11-7-5-6-9(2)10(11)3/h5-7,14H,4,8H2,1-3H3,(H,15,17). The van der Waals surface area contributed by atoms with Gasteiger partial charge in [-0.05, 0) is 37.6 Å². The van der Waals surface area contributed by atoms with Crippen molar-refractivity contribution in [3.05, 3.63) is 35.2 Å². The molecule has 0 fully saturated rings. The number of aromatic nitrogens is 2. The van der Waals surface area contributed by atoms with Crippen LogP contribution in [-0.4, -0.2) is 16.7 Å². The Bertz CT molecular complexity index is 521. The van der Waals surface area contributed by atoms with E-state index in [1.807, 2.05) is 19.1 Å². The van der Waals surface area contributed by atoms with Crippen molar-refractivity contribution in [2.24, 2.45) is 0 Å². The van der Waals surface area contributed by atoms with Gasteiger partial charge in [0.15, 0.2) is 0 Å². The molecule has 1 aromatic carbocycles. The van der Waals surface area contributed by atoms with Gasteiger partial charge in [0.2, 0.25) is 5.89 Å². The minimum absolute atomic E-state index is 0.427. The zero-order chi connectivity index (χ0) is 13.0. The Morgan fingerprint density at radius 2 is 2.06 bits per heavy atom. The third-order valence-electron chi connectivity index (χ3n) is 2.84. The number of hydrogen-bond acceptors (Lipinski definition) is 5. The minimum Gasteiger partial charge on any atom is -0.406 e. The summed E-state index contributed by atoms with van der Waals surface area (Å²) in [6.07, 6.45) is 0. The summed E-state index contributed by atoms with van der Waals surface area (Å²) in [5.74, 6) is 0.588. The summed E-state index contributed by atoms with van der Waals surface area (Å²) >= 11 is 0. The predicted octanol–water partition coefficient (Wildman–Crippen LogP) is 2.54. The van der Waals surface area contributed by atoms with E-state index in [4.69, 9.17) is 4.42 Å². The number of nitrogens with zero attached hydrogens (tertiary/aromatic N) is 2. The molecule has 0 aliphatic rings. The SMILES string of the molecule is CCNCc1nnc(Nc2cccc(C)c2C)o1. The van der Waals surface area contributed by atoms with Crippen molar-refractivity contribution in [3.63, 3.8) is 0 Å². The summed E-state index contributed by atoms with van der Waals surface area (Å²) in [7, 11) is 0. The van der Waals surface area contributed by atoms with E-state index in [0.717, 1.165) is 12.2 Å². The first kappa shape index (κ1) is 12.6. The maximum Gasteiger partial charge on any atom is 0.320 e. The molecule has 0 aliphatic carbocycles. The molecule has 18 heavy (non-hydrogen) atoms. The number of anilines is 2. The van der Waals surface area contributed by atoms with Crippen molar-refractivity contribution < 1.29 is 4.42 Å². The Balaban J connectivity index is 2.09. The highest BCUT2D eigenvalue weighted by atomic mass is 16.4. The topological polar surface area (TPSA) is 63.0 Å². The van der Waals surface area contributed by atoms with Crippen LogP contribution in [0.15, 0.2) is 22.6 Å². The van der Waals surface area contributed by atoms with E-state index in [1.165, 1.54) is 11.1 Å². The summed E-state index contributed by atoms with van der Waals surface area (Å²) in [4.78, 5) is 0. The lowest BCUT2D eigenvalue weighted by atomic mass is 10.1. The largest absolute Gasteiger partial charge is 0.406 e. The van der Waals surface area contributed by atoms with Crippen molar-refractivity contribution in [3.8, 4) is 0 Å². The Morgan fingerprint density at radius 1 is 1.22 bits per heavy atom. The van der Waals surface area contributed by atoms with Gasteiger partial charge in [0.05, 0.1) is 6.54 Å². The van der Waals surface area contributed by atoms with E-state index in [9.17, 15) is 0 Å². The third kappa shape index (κ3) is 2.87. The number of aryl methyl sites for hydroxylation is 1. The van der Waals surface area contributed by atoms with Crippen LogP contribution in [0.5, 0.6) is 0 Å². The van der Waals surface area contributed by atoms with Gasteiger partial charge in [0, 0.05) is 5.69 Å². The molecule has 0 aliphatic heterocycles. The van der Waals surface area contributed by atoms with Gasteiger partial charge in [-0.3, -0.25) is 0 Å². The molecule has 1 heterocycles. The van der Waals surface area contributed by atoms with Gasteiger partial charge in [0.25, 0.3) is 0 Å². The molecule has 96 valence electrons. The predicted molar refractivity (Wildman–Crippen MR) is 70.9 cm³/mol. The second-order valence-electron chi connectivity index (χ2n) is 4.15. The van der Waals surface area contributed by atoms with Crippen LogP contribution in [0.1, 0.15) is 23.9 Å². The molecule has 2 aromatic rings. The second kappa shape index (κ2) is 5.64. The minimum atomic E-state index is 0.427. The lowest BCUT2D eigenvalue weighted by Crippen LogP contribution is -2.11. The van der Waals surface area contributed by atoms with Crippen LogP contribution in [0.25, 0.3) is 0 Å². The van der Waals surface area contributed by atoms with Crippen LogP contribution in [0.2, 0.25) is 0 Å². The van der Waals surface area contributed by atoms with Crippen molar-refractivity contribution in [1.29, 1.82) is 0 Å². The number of rotatable bonds is 5. The molecule has 5 nitrogen and oxygen atoms in total. The molecule has 0 saturated heterocycles. The van der Waals surface area contributed by atoms with E-state index in [1.54, 1.807) is 0 Å². The average Bonchev–Trinajstić information content (AvgIpc) is 2.80. The highest BCUT2D eigenvalue weighted by Crippen LogP contribution is 2.21. The maximum absolute atomic E-state index is 5.49. The quantitative estimate of drug-likeness (QED) is 0.848. The molecule has 0 amide bonds. The molecule has 0 radical (unpaired) electrons. The Morgan fingerprint density at radius 3 is 2.83 bits per heavy atom. The van der Waals surface area contributed by atoms with E-state index in [-0.39, 0.29) is 0 Å². The summed E-state index contributed by atoms with van der Waals surface area (Å²) in [6, 6.07) is 6.50. The van der Waals surface area contributed by atoms with Gasteiger partial charge < -0.3 is 15.1 Å². The first-order valence-corrected chi connectivity index (χ1v) is 6.07. The average molecular weight is 246 g/mol. The fraction of sp³-hybridized carbons (Fsp3) is 0.385. The smallest absolute Gasteiger partial charge is 0.320 e. The van der Waals surface area contributed by atoms with Crippen molar-refractivity contribution in [2.75, 3.05) is 11.9 Å². The maximum atomic E-state index is 5.49. The fourth-order valence-corrected chi connectivity index (χ4v) is 1.61. The molecule has 2 N–H and O–H groups in total. The summed E-state index contributed by atoms with van der Waals surface area (Å²) in [6.45, 7) is 7.64. The highest BCUT2D eigenvalue weighted by Gasteiger charge is 2.07. The third-order valence-corrected chi connectivity index (χ3v) is 2.84. The zero-order valence-electron chi connectivity index (χ0n) is 10.9. The van der Waals surface area contributed by atoms with Crippen LogP contribution in [0.3, 0.4) is 0 Å². The van der Waals surface area contributed by atoms with Gasteiger partial charge in [-0.2, -0.15) is 0 Å². The van der Waals surface area contributed by atoms with Crippen molar-refractivity contribution in [2.45, 2.75) is 27.3 Å². The fourth-order valence-electron chi connectivity index (χ4n) is 1.61. The Kier molecular flexibility index (Phi) is 3.94. The molecule has 0 atom stereocenters. The van der Waals surface area contributed by atoms with Gasteiger partial charge >= 0.3 is 6.01 Å². The molecule has 2 rings (SSSR count). The lowest BCUT2D eigenvalue weighted by molar-refractivity contribution is 0.484. The van der Waals surface area contributed by atoms with Crippen LogP contribution < -0.4 is 10.6 Å². The van der Waals surface area contributed by atoms with E-state index in [0.29, 0.717) is 18.5 Å². The normalized spacial score (nSPS) is 10.6. The van der Waals surface area contributed by atoms with Gasteiger partial charge in [-0.25, -0.2) is 0 Å². The van der Waals surface area contributed by atoms with Gasteiger partial charge in [-0.15, -0.1) is 5.10 Å². The number of benzene rings is 1. The van der Waals surface area contributed by atoms with Crippen LogP contribution in [0, 0.1) is 13.8 Å². The monoisotopic (exact) mass is 246 g/mol. The Hall–Kier alpha value is -1.88. The van der Waals surface area contributed by atoms with Crippen LogP contribution >= 0.6 is 0 Å². The highest BCUT2D eigenvalue weighted by molar-refractivity contribution is 5.59. The molecular weight excluding hydrogens is 228 g/mol. The molecular formula is C13H18N4O. The van der Waals surface area contributed by atoms with E-state index < -0.39 is 0 Å².